The number of rotatable bonds is 10. The Morgan fingerprint density at radius 1 is 0.925 bits per heavy atom. The summed E-state index contributed by atoms with van der Waals surface area (Å²) in [4.78, 5) is 31.5. The second-order valence-corrected chi connectivity index (χ2v) is 11.7. The lowest BCUT2D eigenvalue weighted by molar-refractivity contribution is -0.130. The molecule has 0 bridgehead atoms. The lowest BCUT2D eigenvalue weighted by Crippen LogP contribution is -2.49. The highest BCUT2D eigenvalue weighted by Gasteiger charge is 2.35. The van der Waals surface area contributed by atoms with Crippen LogP contribution in [0.25, 0.3) is 0 Å². The number of carbonyl (C=O) groups is 2. The molecule has 3 atom stereocenters. The Morgan fingerprint density at radius 3 is 2.45 bits per heavy atom. The zero-order valence-corrected chi connectivity index (χ0v) is 24.2. The SMILES string of the molecule is COc1ccc(CN2C[C@@H](C(=O)NCCC3CCCN3C)C[C@@H](C(=O)Nc3ccc4c(c3)CCC4)C2)cc1OC. The number of nitrogens with zero attached hydrogens (tertiary/aromatic N) is 2. The normalized spacial score (nSPS) is 23.0. The van der Waals surface area contributed by atoms with Crippen molar-refractivity contribution in [3.63, 3.8) is 0 Å². The fraction of sp³-hybridized carbons (Fsp3) is 0.562. The Balaban J connectivity index is 1.26. The molecule has 2 aliphatic heterocycles. The van der Waals surface area contributed by atoms with Gasteiger partial charge in [-0.3, -0.25) is 14.5 Å². The van der Waals surface area contributed by atoms with E-state index in [0.717, 1.165) is 37.1 Å². The van der Waals surface area contributed by atoms with E-state index in [1.165, 1.54) is 30.4 Å². The Morgan fingerprint density at radius 2 is 1.70 bits per heavy atom. The van der Waals surface area contributed by atoms with Crippen molar-refractivity contribution in [1.82, 2.24) is 15.1 Å². The summed E-state index contributed by atoms with van der Waals surface area (Å²) in [6, 6.07) is 12.7. The van der Waals surface area contributed by atoms with Crippen molar-refractivity contribution < 1.29 is 19.1 Å². The topological polar surface area (TPSA) is 83.1 Å². The van der Waals surface area contributed by atoms with Crippen LogP contribution in [0.15, 0.2) is 36.4 Å². The zero-order chi connectivity index (χ0) is 28.1. The number of methoxy groups -OCH3 is 2. The lowest BCUT2D eigenvalue weighted by atomic mass is 9.87. The van der Waals surface area contributed by atoms with Gasteiger partial charge in [0.25, 0.3) is 0 Å². The van der Waals surface area contributed by atoms with Crippen molar-refractivity contribution >= 4 is 17.5 Å². The number of likely N-dealkylation sites (tertiary alicyclic amines) is 2. The van der Waals surface area contributed by atoms with E-state index in [2.05, 4.69) is 39.6 Å². The smallest absolute Gasteiger partial charge is 0.228 e. The first kappa shape index (κ1) is 28.4. The van der Waals surface area contributed by atoms with Crippen LogP contribution in [0.5, 0.6) is 11.5 Å². The van der Waals surface area contributed by atoms with Crippen molar-refractivity contribution in [2.24, 2.45) is 11.8 Å². The van der Waals surface area contributed by atoms with Gasteiger partial charge in [-0.2, -0.15) is 0 Å². The summed E-state index contributed by atoms with van der Waals surface area (Å²) in [5.74, 6) is 0.869. The molecule has 2 N–H and O–H groups in total. The number of hydrogen-bond acceptors (Lipinski definition) is 6. The molecule has 0 aromatic heterocycles. The van der Waals surface area contributed by atoms with Gasteiger partial charge in [0.15, 0.2) is 11.5 Å². The molecule has 2 saturated heterocycles. The molecule has 0 spiro atoms. The molecule has 8 heteroatoms. The number of carbonyl (C=O) groups excluding carboxylic acids is 2. The molecule has 2 amide bonds. The lowest BCUT2D eigenvalue weighted by Gasteiger charge is -2.36. The van der Waals surface area contributed by atoms with Crippen LogP contribution in [-0.2, 0) is 29.0 Å². The molecule has 40 heavy (non-hydrogen) atoms. The van der Waals surface area contributed by atoms with E-state index in [4.69, 9.17) is 9.47 Å². The number of aryl methyl sites for hydroxylation is 2. The number of anilines is 1. The fourth-order valence-corrected chi connectivity index (χ4v) is 6.68. The van der Waals surface area contributed by atoms with E-state index in [0.29, 0.717) is 50.1 Å². The van der Waals surface area contributed by atoms with E-state index in [-0.39, 0.29) is 23.7 Å². The Kier molecular flexibility index (Phi) is 9.27. The summed E-state index contributed by atoms with van der Waals surface area (Å²) in [6.45, 7) is 3.65. The van der Waals surface area contributed by atoms with Crippen LogP contribution in [0.1, 0.15) is 48.8 Å². The van der Waals surface area contributed by atoms with Gasteiger partial charge < -0.3 is 25.0 Å². The van der Waals surface area contributed by atoms with Gasteiger partial charge in [0.2, 0.25) is 11.8 Å². The van der Waals surface area contributed by atoms with Crippen molar-refractivity contribution in [3.05, 3.63) is 53.1 Å². The second kappa shape index (κ2) is 13.0. The van der Waals surface area contributed by atoms with Gasteiger partial charge in [0.1, 0.15) is 0 Å². The molecule has 1 unspecified atom stereocenters. The number of piperidine rings is 1. The maximum absolute atomic E-state index is 13.5. The van der Waals surface area contributed by atoms with Crippen molar-refractivity contribution in [1.29, 1.82) is 0 Å². The van der Waals surface area contributed by atoms with E-state index < -0.39 is 0 Å². The second-order valence-electron chi connectivity index (χ2n) is 11.7. The Bertz CT molecular complexity index is 1200. The first-order chi connectivity index (χ1) is 19.4. The molecule has 0 radical (unpaired) electrons. The number of benzene rings is 2. The van der Waals surface area contributed by atoms with E-state index >= 15 is 0 Å². The van der Waals surface area contributed by atoms with E-state index in [1.54, 1.807) is 14.2 Å². The molecule has 2 aromatic carbocycles. The molecule has 5 rings (SSSR count). The molecule has 0 saturated carbocycles. The summed E-state index contributed by atoms with van der Waals surface area (Å²) in [5.41, 5.74) is 4.63. The van der Waals surface area contributed by atoms with Crippen LogP contribution in [0.3, 0.4) is 0 Å². The number of fused-ring (bicyclic) bond motifs is 1. The maximum Gasteiger partial charge on any atom is 0.228 e. The van der Waals surface area contributed by atoms with Crippen molar-refractivity contribution in [3.8, 4) is 11.5 Å². The molecule has 2 aromatic rings. The van der Waals surface area contributed by atoms with Crippen LogP contribution >= 0.6 is 0 Å². The molecule has 8 nitrogen and oxygen atoms in total. The van der Waals surface area contributed by atoms with Crippen molar-refractivity contribution in [2.75, 3.05) is 52.8 Å². The molecule has 2 fully saturated rings. The van der Waals surface area contributed by atoms with Crippen LogP contribution in [0.2, 0.25) is 0 Å². The van der Waals surface area contributed by atoms with Gasteiger partial charge in [0.05, 0.1) is 26.1 Å². The number of amides is 2. The van der Waals surface area contributed by atoms with Crippen LogP contribution in [-0.4, -0.2) is 75.1 Å². The Labute approximate surface area is 238 Å². The quantitative estimate of drug-likeness (QED) is 0.469. The van der Waals surface area contributed by atoms with Crippen LogP contribution in [0.4, 0.5) is 5.69 Å². The molecular weight excluding hydrogens is 504 g/mol. The fourth-order valence-electron chi connectivity index (χ4n) is 6.68. The standard InChI is InChI=1S/C32H44N4O4/c1-35-15-5-8-28(35)13-14-33-31(37)25-17-26(32(38)34-27-11-10-23-6-4-7-24(23)18-27)21-36(20-25)19-22-9-12-29(39-2)30(16-22)40-3/h9-12,16,18,25-26,28H,4-8,13-15,17,19-21H2,1-3H3,(H,33,37)(H,34,38)/t25-,26+,28?/m0/s1. The van der Waals surface area contributed by atoms with Crippen molar-refractivity contribution in [2.45, 2.75) is 57.5 Å². The minimum Gasteiger partial charge on any atom is -0.493 e. The third-order valence-electron chi connectivity index (χ3n) is 8.94. The summed E-state index contributed by atoms with van der Waals surface area (Å²) in [6.07, 6.45) is 7.30. The monoisotopic (exact) mass is 548 g/mol. The predicted octanol–water partition coefficient (Wildman–Crippen LogP) is 3.87. The van der Waals surface area contributed by atoms with Gasteiger partial charge >= 0.3 is 0 Å². The van der Waals surface area contributed by atoms with E-state index in [9.17, 15) is 9.59 Å². The molecule has 1 aliphatic carbocycles. The first-order valence-electron chi connectivity index (χ1n) is 14.8. The zero-order valence-electron chi connectivity index (χ0n) is 24.2. The highest BCUT2D eigenvalue weighted by Crippen LogP contribution is 2.31. The average molecular weight is 549 g/mol. The molecule has 3 aliphatic rings. The Hall–Kier alpha value is -3.10. The van der Waals surface area contributed by atoms with Gasteiger partial charge in [-0.05, 0) is 99.5 Å². The summed E-state index contributed by atoms with van der Waals surface area (Å²) in [5, 5.41) is 6.36. The summed E-state index contributed by atoms with van der Waals surface area (Å²) < 4.78 is 10.9. The minimum absolute atomic E-state index is 0.0136. The minimum atomic E-state index is -0.279. The molecule has 216 valence electrons. The highest BCUT2D eigenvalue weighted by molar-refractivity contribution is 5.93. The molecular formula is C32H44N4O4. The predicted molar refractivity (Wildman–Crippen MR) is 157 cm³/mol. The number of nitrogens with one attached hydrogen (secondary N) is 2. The summed E-state index contributed by atoms with van der Waals surface area (Å²) >= 11 is 0. The van der Waals surface area contributed by atoms with Gasteiger partial charge in [-0.25, -0.2) is 0 Å². The third-order valence-corrected chi connectivity index (χ3v) is 8.94. The van der Waals surface area contributed by atoms with Crippen LogP contribution in [0, 0.1) is 11.8 Å². The molecule has 2 heterocycles. The van der Waals surface area contributed by atoms with Gasteiger partial charge in [-0.1, -0.05) is 12.1 Å². The van der Waals surface area contributed by atoms with Gasteiger partial charge in [-0.15, -0.1) is 0 Å². The third kappa shape index (κ3) is 6.78. The number of ether oxygens (including phenoxy) is 2. The highest BCUT2D eigenvalue weighted by atomic mass is 16.5. The maximum atomic E-state index is 13.5. The van der Waals surface area contributed by atoms with Crippen LogP contribution < -0.4 is 20.1 Å². The first-order valence-corrected chi connectivity index (χ1v) is 14.8. The number of hydrogen-bond donors (Lipinski definition) is 2. The van der Waals surface area contributed by atoms with E-state index in [1.807, 2.05) is 24.3 Å². The average Bonchev–Trinajstić information content (AvgIpc) is 3.60. The largest absolute Gasteiger partial charge is 0.493 e. The summed E-state index contributed by atoms with van der Waals surface area (Å²) in [7, 11) is 5.42. The van der Waals surface area contributed by atoms with Gasteiger partial charge in [0, 0.05) is 37.9 Å².